The summed E-state index contributed by atoms with van der Waals surface area (Å²) in [4.78, 5) is 20.5. The number of rotatable bonds is 2. The maximum absolute atomic E-state index is 12.1. The predicted molar refractivity (Wildman–Crippen MR) is 37.6 cm³/mol. The fraction of sp³-hybridized carbons (Fsp3) is 0.750. The molecule has 0 atom stereocenters. The summed E-state index contributed by atoms with van der Waals surface area (Å²) in [5.41, 5.74) is 0. The quantitative estimate of drug-likeness (QED) is 0.450. The van der Waals surface area contributed by atoms with Crippen LogP contribution in [0.2, 0.25) is 0 Å². The van der Waals surface area contributed by atoms with Crippen LogP contribution in [-0.2, 0) is 9.59 Å². The van der Waals surface area contributed by atoms with E-state index < -0.39 is 12.0 Å². The summed E-state index contributed by atoms with van der Waals surface area (Å²) in [6.07, 6.45) is 3.32. The molecule has 1 aliphatic rings. The predicted octanol–water partition coefficient (Wildman–Crippen LogP) is 1.49. The number of hydrogen-bond acceptors (Lipinski definition) is 2. The third-order valence-corrected chi connectivity index (χ3v) is 2.29. The maximum Gasteiger partial charge on any atom is 0.304 e. The highest BCUT2D eigenvalue weighted by molar-refractivity contribution is 5.71. The van der Waals surface area contributed by atoms with Crippen molar-refractivity contribution in [3.63, 3.8) is 0 Å². The third kappa shape index (κ3) is 2.10. The van der Waals surface area contributed by atoms with Gasteiger partial charge in [-0.15, -0.1) is 0 Å². The van der Waals surface area contributed by atoms with Gasteiger partial charge in [0.25, 0.3) is 0 Å². The lowest BCUT2D eigenvalue weighted by Crippen LogP contribution is -2.19. The van der Waals surface area contributed by atoms with Crippen LogP contribution < -0.4 is 0 Å². The Morgan fingerprint density at radius 1 is 1.27 bits per heavy atom. The average Bonchev–Trinajstić information content (AvgIpc) is 2.05. The largest absolute Gasteiger partial charge is 0.304 e. The van der Waals surface area contributed by atoms with Crippen molar-refractivity contribution in [2.75, 3.05) is 0 Å². The minimum Gasteiger partial charge on any atom is -0.303 e. The van der Waals surface area contributed by atoms with Crippen molar-refractivity contribution in [1.29, 1.82) is 0 Å². The molecule has 1 rings (SSSR count). The van der Waals surface area contributed by atoms with E-state index >= 15 is 0 Å². The molecule has 1 fully saturated rings. The summed E-state index contributed by atoms with van der Waals surface area (Å²) in [6.45, 7) is 0. The Morgan fingerprint density at radius 3 is 2.18 bits per heavy atom. The van der Waals surface area contributed by atoms with E-state index in [1.807, 2.05) is 0 Å². The van der Waals surface area contributed by atoms with E-state index in [9.17, 15) is 14.0 Å². The molecule has 11 heavy (non-hydrogen) atoms. The van der Waals surface area contributed by atoms with Gasteiger partial charge in [0, 0.05) is 11.8 Å². The van der Waals surface area contributed by atoms with Gasteiger partial charge in [-0.2, -0.15) is 4.39 Å². The van der Waals surface area contributed by atoms with E-state index in [0.717, 1.165) is 6.29 Å². The van der Waals surface area contributed by atoms with Gasteiger partial charge in [-0.25, -0.2) is 0 Å². The van der Waals surface area contributed by atoms with Gasteiger partial charge in [0.05, 0.1) is 0 Å². The van der Waals surface area contributed by atoms with E-state index in [2.05, 4.69) is 0 Å². The molecule has 0 bridgehead atoms. The molecule has 0 heterocycles. The van der Waals surface area contributed by atoms with Crippen molar-refractivity contribution in [2.45, 2.75) is 25.7 Å². The maximum atomic E-state index is 12.1. The van der Waals surface area contributed by atoms with Crippen LogP contribution in [0.4, 0.5) is 4.39 Å². The third-order valence-electron chi connectivity index (χ3n) is 2.29. The molecule has 3 heteroatoms. The molecule has 0 aromatic carbocycles. The van der Waals surface area contributed by atoms with Crippen molar-refractivity contribution in [1.82, 2.24) is 0 Å². The molecular formula is C8H11FO2. The number of hydrogen-bond donors (Lipinski definition) is 0. The highest BCUT2D eigenvalue weighted by atomic mass is 19.1. The van der Waals surface area contributed by atoms with Crippen molar-refractivity contribution in [2.24, 2.45) is 11.8 Å². The van der Waals surface area contributed by atoms with Crippen LogP contribution in [0.25, 0.3) is 0 Å². The van der Waals surface area contributed by atoms with Crippen molar-refractivity contribution in [3.05, 3.63) is 0 Å². The molecule has 0 unspecified atom stereocenters. The molecule has 1 saturated carbocycles. The number of carbonyl (C=O) groups is 2. The van der Waals surface area contributed by atoms with Gasteiger partial charge in [0.2, 0.25) is 0 Å². The lowest BCUT2D eigenvalue weighted by molar-refractivity contribution is -0.135. The summed E-state index contributed by atoms with van der Waals surface area (Å²) in [6, 6.07) is -1.21. The van der Waals surface area contributed by atoms with Crippen LogP contribution >= 0.6 is 0 Å². The second-order valence-electron chi connectivity index (χ2n) is 3.05. The lowest BCUT2D eigenvalue weighted by atomic mass is 9.83. The first kappa shape index (κ1) is 8.37. The van der Waals surface area contributed by atoms with Crippen molar-refractivity contribution >= 4 is 12.3 Å². The zero-order chi connectivity index (χ0) is 8.27. The van der Waals surface area contributed by atoms with Gasteiger partial charge < -0.3 is 4.79 Å². The van der Waals surface area contributed by atoms with E-state index in [1.54, 1.807) is 0 Å². The standard InChI is InChI=1S/C8H11FO2/c9-8(11)7-3-1-6(5-10)2-4-7/h5-7H,1-4H2. The molecule has 2 nitrogen and oxygen atoms in total. The summed E-state index contributed by atoms with van der Waals surface area (Å²) in [5, 5.41) is 0. The van der Waals surface area contributed by atoms with Gasteiger partial charge in [-0.1, -0.05) is 0 Å². The fourth-order valence-electron chi connectivity index (χ4n) is 1.48. The van der Waals surface area contributed by atoms with E-state index in [0.29, 0.717) is 25.7 Å². The number of carbonyl (C=O) groups excluding carboxylic acids is 2. The Bertz CT molecular complexity index is 159. The smallest absolute Gasteiger partial charge is 0.303 e. The minimum atomic E-state index is -1.21. The molecule has 0 saturated heterocycles. The molecule has 0 spiro atoms. The highest BCUT2D eigenvalue weighted by Crippen LogP contribution is 2.28. The fourth-order valence-corrected chi connectivity index (χ4v) is 1.48. The molecular weight excluding hydrogens is 147 g/mol. The highest BCUT2D eigenvalue weighted by Gasteiger charge is 2.25. The Labute approximate surface area is 64.8 Å². The number of halogens is 1. The molecule has 0 aromatic heterocycles. The molecule has 0 aliphatic heterocycles. The molecule has 0 radical (unpaired) electrons. The van der Waals surface area contributed by atoms with Gasteiger partial charge in [0.1, 0.15) is 6.29 Å². The first-order valence-corrected chi connectivity index (χ1v) is 3.88. The van der Waals surface area contributed by atoms with Gasteiger partial charge in [-0.3, -0.25) is 4.79 Å². The zero-order valence-corrected chi connectivity index (χ0v) is 6.25. The molecule has 1 aliphatic carbocycles. The Morgan fingerprint density at radius 2 is 1.82 bits per heavy atom. The molecule has 62 valence electrons. The summed E-state index contributed by atoms with van der Waals surface area (Å²) < 4.78 is 12.1. The van der Waals surface area contributed by atoms with Crippen LogP contribution in [0.5, 0.6) is 0 Å². The second-order valence-corrected chi connectivity index (χ2v) is 3.05. The Balaban J connectivity index is 2.35. The second kappa shape index (κ2) is 3.60. The van der Waals surface area contributed by atoms with Crippen LogP contribution in [0.1, 0.15) is 25.7 Å². The van der Waals surface area contributed by atoms with Crippen LogP contribution in [-0.4, -0.2) is 12.3 Å². The van der Waals surface area contributed by atoms with Crippen LogP contribution in [0, 0.1) is 11.8 Å². The zero-order valence-electron chi connectivity index (χ0n) is 6.25. The lowest BCUT2D eigenvalue weighted by Gasteiger charge is -2.21. The molecule has 0 N–H and O–H groups in total. The first-order valence-electron chi connectivity index (χ1n) is 3.88. The normalized spacial score (nSPS) is 31.4. The van der Waals surface area contributed by atoms with Crippen molar-refractivity contribution < 1.29 is 14.0 Å². The minimum absolute atomic E-state index is 0.0607. The summed E-state index contributed by atoms with van der Waals surface area (Å²) >= 11 is 0. The van der Waals surface area contributed by atoms with E-state index in [4.69, 9.17) is 0 Å². The molecule has 0 amide bonds. The van der Waals surface area contributed by atoms with Crippen LogP contribution in [0.15, 0.2) is 0 Å². The monoisotopic (exact) mass is 158 g/mol. The Hall–Kier alpha value is -0.730. The summed E-state index contributed by atoms with van der Waals surface area (Å²) in [7, 11) is 0. The van der Waals surface area contributed by atoms with Gasteiger partial charge >= 0.3 is 6.04 Å². The topological polar surface area (TPSA) is 34.1 Å². The SMILES string of the molecule is O=CC1CCC(C(=O)F)CC1. The Kier molecular flexibility index (Phi) is 2.74. The summed E-state index contributed by atoms with van der Waals surface area (Å²) in [5.74, 6) is -0.364. The van der Waals surface area contributed by atoms with E-state index in [-0.39, 0.29) is 5.92 Å². The van der Waals surface area contributed by atoms with Crippen molar-refractivity contribution in [3.8, 4) is 0 Å². The van der Waals surface area contributed by atoms with Gasteiger partial charge in [0.15, 0.2) is 0 Å². The van der Waals surface area contributed by atoms with Crippen LogP contribution in [0.3, 0.4) is 0 Å². The van der Waals surface area contributed by atoms with Gasteiger partial charge in [-0.05, 0) is 25.7 Å². The number of aldehydes is 1. The molecule has 0 aromatic rings. The first-order chi connectivity index (χ1) is 5.24. The van der Waals surface area contributed by atoms with E-state index in [1.165, 1.54) is 0 Å². The average molecular weight is 158 g/mol.